The lowest BCUT2D eigenvalue weighted by Crippen LogP contribution is -2.38. The summed E-state index contributed by atoms with van der Waals surface area (Å²) in [5.74, 6) is 1.65. The average Bonchev–Trinajstić information content (AvgIpc) is 2.48. The van der Waals surface area contributed by atoms with E-state index in [4.69, 9.17) is 0 Å². The second kappa shape index (κ2) is 9.74. The van der Waals surface area contributed by atoms with Crippen molar-refractivity contribution in [3.8, 4) is 0 Å². The van der Waals surface area contributed by atoms with Crippen LogP contribution in [0, 0.1) is 5.92 Å². The Morgan fingerprint density at radius 3 is 2.57 bits per heavy atom. The van der Waals surface area contributed by atoms with Crippen LogP contribution in [0.25, 0.3) is 0 Å². The molecule has 0 spiro atoms. The van der Waals surface area contributed by atoms with Crippen LogP contribution in [-0.4, -0.2) is 35.8 Å². The number of aliphatic hydroxyl groups is 1. The number of pyridine rings is 1. The van der Waals surface area contributed by atoms with E-state index in [1.54, 1.807) is 0 Å². The lowest BCUT2D eigenvalue weighted by Gasteiger charge is -2.32. The molecule has 4 heteroatoms. The standard InChI is InChI=1S/C17H31N3O/c1-5-16(6-2)20(10-11-21)17-15(8-7-9-19-17)13-18-12-14(3)4/h7-9,14,16,18,21H,5-6,10-13H2,1-4H3. The lowest BCUT2D eigenvalue weighted by molar-refractivity contribution is 0.295. The molecule has 0 aliphatic rings. The van der Waals surface area contributed by atoms with E-state index < -0.39 is 0 Å². The molecule has 1 rings (SSSR count). The van der Waals surface area contributed by atoms with Crippen LogP contribution in [0.15, 0.2) is 18.3 Å². The molecule has 1 aromatic heterocycles. The monoisotopic (exact) mass is 293 g/mol. The first kappa shape index (κ1) is 17.9. The number of rotatable bonds is 10. The predicted octanol–water partition coefficient (Wildman–Crippen LogP) is 2.81. The average molecular weight is 293 g/mol. The number of aromatic nitrogens is 1. The fourth-order valence-corrected chi connectivity index (χ4v) is 2.62. The van der Waals surface area contributed by atoms with E-state index in [0.717, 1.165) is 31.7 Å². The molecule has 4 nitrogen and oxygen atoms in total. The van der Waals surface area contributed by atoms with Crippen LogP contribution in [-0.2, 0) is 6.54 Å². The van der Waals surface area contributed by atoms with Gasteiger partial charge in [-0.2, -0.15) is 0 Å². The maximum absolute atomic E-state index is 9.39. The van der Waals surface area contributed by atoms with Crippen molar-refractivity contribution >= 4 is 5.82 Å². The van der Waals surface area contributed by atoms with Crippen molar-refractivity contribution < 1.29 is 5.11 Å². The molecule has 1 heterocycles. The molecule has 0 radical (unpaired) electrons. The molecule has 0 aliphatic carbocycles. The normalized spacial score (nSPS) is 11.4. The maximum atomic E-state index is 9.39. The fraction of sp³-hybridized carbons (Fsp3) is 0.706. The molecule has 0 bridgehead atoms. The Bertz CT molecular complexity index is 391. The van der Waals surface area contributed by atoms with E-state index in [1.165, 1.54) is 5.56 Å². The van der Waals surface area contributed by atoms with Crippen molar-refractivity contribution in [1.82, 2.24) is 10.3 Å². The van der Waals surface area contributed by atoms with Crippen molar-refractivity contribution in [2.24, 2.45) is 5.92 Å². The van der Waals surface area contributed by atoms with Crippen molar-refractivity contribution in [1.29, 1.82) is 0 Å². The SMILES string of the molecule is CCC(CC)N(CCO)c1ncccc1CNCC(C)C. The summed E-state index contributed by atoms with van der Waals surface area (Å²) in [7, 11) is 0. The molecule has 1 aromatic rings. The molecule has 0 aliphatic heterocycles. The smallest absolute Gasteiger partial charge is 0.133 e. The highest BCUT2D eigenvalue weighted by Crippen LogP contribution is 2.22. The van der Waals surface area contributed by atoms with Gasteiger partial charge in [-0.15, -0.1) is 0 Å². The number of nitrogens with one attached hydrogen (secondary N) is 1. The van der Waals surface area contributed by atoms with Crippen LogP contribution < -0.4 is 10.2 Å². The third kappa shape index (κ3) is 5.64. The summed E-state index contributed by atoms with van der Waals surface area (Å²) in [6, 6.07) is 4.54. The summed E-state index contributed by atoms with van der Waals surface area (Å²) < 4.78 is 0. The molecule has 0 fully saturated rings. The summed E-state index contributed by atoms with van der Waals surface area (Å²) >= 11 is 0. The predicted molar refractivity (Wildman–Crippen MR) is 89.6 cm³/mol. The molecule has 0 aromatic carbocycles. The molecule has 0 amide bonds. The minimum atomic E-state index is 0.159. The van der Waals surface area contributed by atoms with Crippen molar-refractivity contribution in [3.05, 3.63) is 23.9 Å². The Kier molecular flexibility index (Phi) is 8.31. The van der Waals surface area contributed by atoms with Gasteiger partial charge in [0.25, 0.3) is 0 Å². The largest absolute Gasteiger partial charge is 0.395 e. The first-order valence-corrected chi connectivity index (χ1v) is 8.16. The van der Waals surface area contributed by atoms with Gasteiger partial charge in [0.05, 0.1) is 6.61 Å². The van der Waals surface area contributed by atoms with Crippen LogP contribution >= 0.6 is 0 Å². The van der Waals surface area contributed by atoms with E-state index in [2.05, 4.69) is 49.0 Å². The van der Waals surface area contributed by atoms with Gasteiger partial charge in [-0.3, -0.25) is 0 Å². The van der Waals surface area contributed by atoms with Crippen LogP contribution in [0.3, 0.4) is 0 Å². The zero-order valence-electron chi connectivity index (χ0n) is 14.0. The Labute approximate surface area is 129 Å². The van der Waals surface area contributed by atoms with E-state index in [9.17, 15) is 5.11 Å². The second-order valence-electron chi connectivity index (χ2n) is 5.90. The third-order valence-corrected chi connectivity index (χ3v) is 3.73. The van der Waals surface area contributed by atoms with Gasteiger partial charge in [-0.1, -0.05) is 33.8 Å². The number of hydrogen-bond acceptors (Lipinski definition) is 4. The first-order valence-electron chi connectivity index (χ1n) is 8.16. The van der Waals surface area contributed by atoms with Crippen LogP contribution in [0.1, 0.15) is 46.1 Å². The highest BCUT2D eigenvalue weighted by atomic mass is 16.3. The van der Waals surface area contributed by atoms with Crippen molar-refractivity contribution in [2.45, 2.75) is 53.1 Å². The van der Waals surface area contributed by atoms with E-state index in [1.807, 2.05) is 12.3 Å². The maximum Gasteiger partial charge on any atom is 0.133 e. The van der Waals surface area contributed by atoms with Gasteiger partial charge in [0.1, 0.15) is 5.82 Å². The zero-order valence-corrected chi connectivity index (χ0v) is 14.0. The summed E-state index contributed by atoms with van der Waals surface area (Å²) in [5.41, 5.74) is 1.21. The van der Waals surface area contributed by atoms with Gasteiger partial charge in [-0.05, 0) is 31.4 Å². The lowest BCUT2D eigenvalue weighted by atomic mass is 10.1. The zero-order chi connectivity index (χ0) is 15.7. The quantitative estimate of drug-likeness (QED) is 0.696. The molecule has 0 unspecified atom stereocenters. The number of aliphatic hydroxyl groups excluding tert-OH is 1. The van der Waals surface area contributed by atoms with Crippen molar-refractivity contribution in [3.63, 3.8) is 0 Å². The Balaban J connectivity index is 2.91. The highest BCUT2D eigenvalue weighted by molar-refractivity contribution is 5.47. The first-order chi connectivity index (χ1) is 10.1. The van der Waals surface area contributed by atoms with Crippen LogP contribution in [0.4, 0.5) is 5.82 Å². The number of nitrogens with zero attached hydrogens (tertiary/aromatic N) is 2. The summed E-state index contributed by atoms with van der Waals surface area (Å²) in [4.78, 5) is 6.84. The molecule has 0 atom stereocenters. The van der Waals surface area contributed by atoms with Gasteiger partial charge >= 0.3 is 0 Å². The topological polar surface area (TPSA) is 48.4 Å². The summed E-state index contributed by atoms with van der Waals surface area (Å²) in [5, 5.41) is 12.9. The van der Waals surface area contributed by atoms with Crippen LogP contribution in [0.2, 0.25) is 0 Å². The van der Waals surface area contributed by atoms with Gasteiger partial charge in [0, 0.05) is 30.9 Å². The Morgan fingerprint density at radius 1 is 1.29 bits per heavy atom. The second-order valence-corrected chi connectivity index (χ2v) is 5.90. The van der Waals surface area contributed by atoms with Crippen molar-refractivity contribution in [2.75, 3.05) is 24.6 Å². The molecular weight excluding hydrogens is 262 g/mol. The summed E-state index contributed by atoms with van der Waals surface area (Å²) in [6.07, 6.45) is 3.96. The Hall–Kier alpha value is -1.13. The minimum absolute atomic E-state index is 0.159. The fourth-order valence-electron chi connectivity index (χ4n) is 2.62. The molecule has 2 N–H and O–H groups in total. The molecule has 21 heavy (non-hydrogen) atoms. The Morgan fingerprint density at radius 2 is 2.00 bits per heavy atom. The number of hydrogen-bond donors (Lipinski definition) is 2. The highest BCUT2D eigenvalue weighted by Gasteiger charge is 2.19. The van der Waals surface area contributed by atoms with Gasteiger partial charge in [0.15, 0.2) is 0 Å². The molecule has 120 valence electrons. The number of anilines is 1. The minimum Gasteiger partial charge on any atom is -0.395 e. The van der Waals surface area contributed by atoms with Gasteiger partial charge < -0.3 is 15.3 Å². The van der Waals surface area contributed by atoms with Crippen LogP contribution in [0.5, 0.6) is 0 Å². The summed E-state index contributed by atoms with van der Waals surface area (Å²) in [6.45, 7) is 11.4. The van der Waals surface area contributed by atoms with Gasteiger partial charge in [-0.25, -0.2) is 4.98 Å². The van der Waals surface area contributed by atoms with E-state index in [-0.39, 0.29) is 6.61 Å². The van der Waals surface area contributed by atoms with E-state index >= 15 is 0 Å². The van der Waals surface area contributed by atoms with E-state index in [0.29, 0.717) is 18.5 Å². The third-order valence-electron chi connectivity index (χ3n) is 3.73. The molecule has 0 saturated heterocycles. The molecular formula is C17H31N3O. The van der Waals surface area contributed by atoms with Gasteiger partial charge in [0.2, 0.25) is 0 Å². The molecule has 0 saturated carbocycles.